The molecule has 0 bridgehead atoms. The largest absolute Gasteiger partial charge is 0.507 e. The zero-order chi connectivity index (χ0) is 17.5. The average molecular weight is 368 g/mol. The van der Waals surface area contributed by atoms with Crippen LogP contribution in [0.25, 0.3) is 0 Å². The van der Waals surface area contributed by atoms with Gasteiger partial charge in [-0.3, -0.25) is 0 Å². The topological polar surface area (TPSA) is 77.8 Å². The van der Waals surface area contributed by atoms with Crippen LogP contribution in [0.4, 0.5) is 0 Å². The van der Waals surface area contributed by atoms with Crippen molar-refractivity contribution in [3.8, 4) is 11.5 Å². The van der Waals surface area contributed by atoms with Gasteiger partial charge in [0.1, 0.15) is 11.5 Å². The number of aryl methyl sites for hydroxylation is 1. The molecule has 0 aromatic heterocycles. The first-order valence-corrected chi connectivity index (χ1v) is 9.42. The summed E-state index contributed by atoms with van der Waals surface area (Å²) in [5, 5.41) is 19.8. The van der Waals surface area contributed by atoms with E-state index in [-0.39, 0.29) is 21.4 Å². The molecule has 24 heavy (non-hydrogen) atoms. The highest BCUT2D eigenvalue weighted by atomic mass is 35.5. The third kappa shape index (κ3) is 2.97. The summed E-state index contributed by atoms with van der Waals surface area (Å²) in [6.07, 6.45) is 1.27. The smallest absolute Gasteiger partial charge is 0.243 e. The summed E-state index contributed by atoms with van der Waals surface area (Å²) in [6.45, 7) is 2.27. The third-order valence-electron chi connectivity index (χ3n) is 4.29. The molecule has 2 aromatic carbocycles. The van der Waals surface area contributed by atoms with E-state index >= 15 is 0 Å². The van der Waals surface area contributed by atoms with E-state index in [9.17, 15) is 18.6 Å². The van der Waals surface area contributed by atoms with E-state index in [0.717, 1.165) is 11.6 Å². The lowest BCUT2D eigenvalue weighted by atomic mass is 10.0. The lowest BCUT2D eigenvalue weighted by Crippen LogP contribution is -2.30. The van der Waals surface area contributed by atoms with Crippen LogP contribution in [-0.4, -0.2) is 29.5 Å². The molecule has 1 heterocycles. The summed E-state index contributed by atoms with van der Waals surface area (Å²) in [7, 11) is -3.68. The molecule has 0 radical (unpaired) electrons. The van der Waals surface area contributed by atoms with Crippen LogP contribution in [0.3, 0.4) is 0 Å². The van der Waals surface area contributed by atoms with Gasteiger partial charge in [0.15, 0.2) is 0 Å². The van der Waals surface area contributed by atoms with Crippen LogP contribution in [0.5, 0.6) is 11.5 Å². The van der Waals surface area contributed by atoms with E-state index in [1.807, 2.05) is 6.92 Å². The van der Waals surface area contributed by atoms with Crippen LogP contribution >= 0.6 is 11.6 Å². The van der Waals surface area contributed by atoms with Crippen molar-refractivity contribution in [2.75, 3.05) is 6.54 Å². The second-order valence-corrected chi connectivity index (χ2v) is 8.25. The van der Waals surface area contributed by atoms with Crippen molar-refractivity contribution in [3.05, 3.63) is 52.5 Å². The minimum absolute atomic E-state index is 0.0855. The third-order valence-corrected chi connectivity index (χ3v) is 6.51. The standard InChI is InChI=1S/C17H18ClNO4S/c1-11-4-6-12(7-5-11)24(22,23)19-8-2-3-15(19)13-9-14(18)17(21)10-16(13)20/h4-7,9-10,15,20-21H,2-3,8H2,1H3. The second kappa shape index (κ2) is 6.27. The lowest BCUT2D eigenvalue weighted by Gasteiger charge is -2.25. The zero-order valence-corrected chi connectivity index (χ0v) is 14.7. The van der Waals surface area contributed by atoms with Gasteiger partial charge in [0, 0.05) is 18.2 Å². The predicted molar refractivity (Wildman–Crippen MR) is 91.8 cm³/mol. The quantitative estimate of drug-likeness (QED) is 0.869. The van der Waals surface area contributed by atoms with E-state index < -0.39 is 16.1 Å². The number of phenolic OH excluding ortho intramolecular Hbond substituents is 2. The molecular formula is C17H18ClNO4S. The van der Waals surface area contributed by atoms with Crippen molar-refractivity contribution >= 4 is 21.6 Å². The molecule has 0 aliphatic carbocycles. The van der Waals surface area contributed by atoms with Crippen molar-refractivity contribution in [3.63, 3.8) is 0 Å². The van der Waals surface area contributed by atoms with Crippen molar-refractivity contribution in [1.29, 1.82) is 0 Å². The Bertz CT molecular complexity index is 865. The van der Waals surface area contributed by atoms with Gasteiger partial charge in [-0.1, -0.05) is 29.3 Å². The number of halogens is 1. The maximum absolute atomic E-state index is 13.0. The van der Waals surface area contributed by atoms with E-state index in [0.29, 0.717) is 24.9 Å². The van der Waals surface area contributed by atoms with Crippen LogP contribution in [-0.2, 0) is 10.0 Å². The molecule has 1 aliphatic heterocycles. The first-order chi connectivity index (χ1) is 11.3. The van der Waals surface area contributed by atoms with E-state index in [2.05, 4.69) is 0 Å². The highest BCUT2D eigenvalue weighted by molar-refractivity contribution is 7.89. The Balaban J connectivity index is 2.02. The van der Waals surface area contributed by atoms with Crippen molar-refractivity contribution in [1.82, 2.24) is 4.31 Å². The molecule has 2 aromatic rings. The second-order valence-electron chi connectivity index (χ2n) is 5.95. The number of hydrogen-bond acceptors (Lipinski definition) is 4. The molecule has 7 heteroatoms. The molecular weight excluding hydrogens is 350 g/mol. The van der Waals surface area contributed by atoms with Crippen LogP contribution in [0.1, 0.15) is 30.0 Å². The number of nitrogens with zero attached hydrogens (tertiary/aromatic N) is 1. The molecule has 1 saturated heterocycles. The summed E-state index contributed by atoms with van der Waals surface area (Å²) in [5.74, 6) is -0.392. The molecule has 5 nitrogen and oxygen atoms in total. The van der Waals surface area contributed by atoms with Crippen molar-refractivity contribution in [2.24, 2.45) is 0 Å². The number of benzene rings is 2. The maximum atomic E-state index is 13.0. The van der Waals surface area contributed by atoms with Gasteiger partial charge >= 0.3 is 0 Å². The van der Waals surface area contributed by atoms with E-state index in [4.69, 9.17) is 11.6 Å². The van der Waals surface area contributed by atoms with Gasteiger partial charge in [0.2, 0.25) is 10.0 Å². The maximum Gasteiger partial charge on any atom is 0.243 e. The number of aromatic hydroxyl groups is 2. The van der Waals surface area contributed by atoms with Gasteiger partial charge in [-0.05, 0) is 38.0 Å². The monoisotopic (exact) mass is 367 g/mol. The molecule has 0 spiro atoms. The lowest BCUT2D eigenvalue weighted by molar-refractivity contribution is 0.378. The normalized spacial score (nSPS) is 18.8. The van der Waals surface area contributed by atoms with Crippen molar-refractivity contribution < 1.29 is 18.6 Å². The van der Waals surface area contributed by atoms with Crippen molar-refractivity contribution in [2.45, 2.75) is 30.7 Å². The number of hydrogen-bond donors (Lipinski definition) is 2. The summed E-state index contributed by atoms with van der Waals surface area (Å²) >= 11 is 5.93. The van der Waals surface area contributed by atoms with Gasteiger partial charge in [-0.15, -0.1) is 0 Å². The Morgan fingerprint density at radius 1 is 1.12 bits per heavy atom. The average Bonchev–Trinajstić information content (AvgIpc) is 3.01. The molecule has 1 atom stereocenters. The van der Waals surface area contributed by atoms with Gasteiger partial charge in [-0.2, -0.15) is 4.31 Å². The van der Waals surface area contributed by atoms with Crippen LogP contribution < -0.4 is 0 Å². The van der Waals surface area contributed by atoms with Gasteiger partial charge in [0.25, 0.3) is 0 Å². The van der Waals surface area contributed by atoms with Crippen LogP contribution in [0, 0.1) is 6.92 Å². The van der Waals surface area contributed by atoms with E-state index in [1.54, 1.807) is 24.3 Å². The minimum atomic E-state index is -3.68. The molecule has 1 aliphatic rings. The Labute approximate surface area is 146 Å². The zero-order valence-electron chi connectivity index (χ0n) is 13.1. The number of sulfonamides is 1. The molecule has 1 fully saturated rings. The molecule has 2 N–H and O–H groups in total. The highest BCUT2D eigenvalue weighted by Crippen LogP contribution is 2.43. The molecule has 1 unspecified atom stereocenters. The van der Waals surface area contributed by atoms with Gasteiger partial charge in [-0.25, -0.2) is 8.42 Å². The summed E-state index contributed by atoms with van der Waals surface area (Å²) < 4.78 is 27.3. The fraction of sp³-hybridized carbons (Fsp3) is 0.294. The van der Waals surface area contributed by atoms with Crippen LogP contribution in [0.2, 0.25) is 5.02 Å². The highest BCUT2D eigenvalue weighted by Gasteiger charge is 2.37. The SMILES string of the molecule is Cc1ccc(S(=O)(=O)N2CCCC2c2cc(Cl)c(O)cc2O)cc1. The number of phenols is 2. The minimum Gasteiger partial charge on any atom is -0.507 e. The fourth-order valence-electron chi connectivity index (χ4n) is 3.02. The summed E-state index contributed by atoms with van der Waals surface area (Å²) in [6, 6.07) is 8.76. The first-order valence-electron chi connectivity index (χ1n) is 7.60. The Kier molecular flexibility index (Phi) is 4.46. The molecule has 0 saturated carbocycles. The van der Waals surface area contributed by atoms with E-state index in [1.165, 1.54) is 10.4 Å². The Morgan fingerprint density at radius 2 is 1.79 bits per heavy atom. The van der Waals surface area contributed by atoms with Gasteiger partial charge in [0.05, 0.1) is 16.0 Å². The Hall–Kier alpha value is -1.76. The van der Waals surface area contributed by atoms with Crippen LogP contribution in [0.15, 0.2) is 41.3 Å². The van der Waals surface area contributed by atoms with Gasteiger partial charge < -0.3 is 10.2 Å². The fourth-order valence-corrected chi connectivity index (χ4v) is 4.86. The number of rotatable bonds is 3. The predicted octanol–water partition coefficient (Wildman–Crippen LogP) is 3.59. The molecule has 3 rings (SSSR count). The summed E-state index contributed by atoms with van der Waals surface area (Å²) in [4.78, 5) is 0.226. The molecule has 128 valence electrons. The first kappa shape index (κ1) is 17.1. The molecule has 0 amide bonds. The Morgan fingerprint density at radius 3 is 2.46 bits per heavy atom. The summed E-state index contributed by atoms with van der Waals surface area (Å²) in [5.41, 5.74) is 1.39.